The van der Waals surface area contributed by atoms with Crippen molar-refractivity contribution in [2.24, 2.45) is 0 Å². The summed E-state index contributed by atoms with van der Waals surface area (Å²) in [5.74, 6) is 0.505. The number of nitrogens with zero attached hydrogens (tertiary/aromatic N) is 2. The van der Waals surface area contributed by atoms with Crippen LogP contribution in [-0.2, 0) is 10.0 Å². The van der Waals surface area contributed by atoms with E-state index in [0.717, 1.165) is 15.4 Å². The van der Waals surface area contributed by atoms with Crippen molar-refractivity contribution in [1.29, 1.82) is 0 Å². The van der Waals surface area contributed by atoms with Gasteiger partial charge in [0.15, 0.2) is 0 Å². The number of ether oxygens (including phenoxy) is 1. The number of aromatic nitrogens is 2. The van der Waals surface area contributed by atoms with Crippen molar-refractivity contribution in [2.45, 2.75) is 4.90 Å². The molecule has 0 atom stereocenters. The Morgan fingerprint density at radius 1 is 1.25 bits per heavy atom. The van der Waals surface area contributed by atoms with E-state index in [-0.39, 0.29) is 19.4 Å². The molecule has 0 spiro atoms. The summed E-state index contributed by atoms with van der Waals surface area (Å²) in [4.78, 5) is -0.138. The fourth-order valence-corrected chi connectivity index (χ4v) is 5.48. The molecule has 2 N–H and O–H groups in total. The molecular weight excluding hydrogens is 393 g/mol. The van der Waals surface area contributed by atoms with E-state index < -0.39 is 10.0 Å². The van der Waals surface area contributed by atoms with Crippen LogP contribution in [0.25, 0.3) is 11.3 Å². The van der Waals surface area contributed by atoms with Crippen LogP contribution >= 0.6 is 34.5 Å². The Kier molecular flexibility index (Phi) is 4.48. The van der Waals surface area contributed by atoms with Crippen LogP contribution in [0.4, 0.5) is 5.82 Å². The summed E-state index contributed by atoms with van der Waals surface area (Å²) in [5.41, 5.74) is 6.85. The number of nitrogen functional groups attached to an aromatic ring is 1. The molecule has 0 amide bonds. The monoisotopic (exact) mass is 403 g/mol. The van der Waals surface area contributed by atoms with Crippen molar-refractivity contribution in [3.05, 3.63) is 45.1 Å². The minimum atomic E-state index is -4.05. The van der Waals surface area contributed by atoms with E-state index in [1.807, 2.05) is 0 Å². The summed E-state index contributed by atoms with van der Waals surface area (Å²) in [6, 6.07) is 9.81. The van der Waals surface area contributed by atoms with E-state index in [0.29, 0.717) is 17.0 Å². The van der Waals surface area contributed by atoms with Crippen LogP contribution < -0.4 is 10.5 Å². The molecule has 0 fully saturated rings. The molecule has 0 aliphatic rings. The minimum Gasteiger partial charge on any atom is -0.496 e. The van der Waals surface area contributed by atoms with Gasteiger partial charge in [0.1, 0.15) is 20.8 Å². The number of hydrogen-bond acceptors (Lipinski definition) is 6. The first-order valence-electron chi connectivity index (χ1n) is 6.54. The number of anilines is 1. The lowest BCUT2D eigenvalue weighted by atomic mass is 10.1. The Balaban J connectivity index is 2.14. The number of benzene rings is 1. The van der Waals surface area contributed by atoms with Crippen LogP contribution in [0.3, 0.4) is 0 Å². The van der Waals surface area contributed by atoms with Gasteiger partial charge in [-0.1, -0.05) is 35.3 Å². The number of thiophene rings is 1. The van der Waals surface area contributed by atoms with Gasteiger partial charge in [0.05, 0.1) is 17.1 Å². The minimum absolute atomic E-state index is 0.0469. The van der Waals surface area contributed by atoms with E-state index in [4.69, 9.17) is 33.7 Å². The Labute approximate surface area is 152 Å². The van der Waals surface area contributed by atoms with Crippen LogP contribution in [-0.4, -0.2) is 24.7 Å². The van der Waals surface area contributed by atoms with Crippen molar-refractivity contribution in [1.82, 2.24) is 9.19 Å². The van der Waals surface area contributed by atoms with Crippen molar-refractivity contribution in [3.63, 3.8) is 0 Å². The predicted octanol–water partition coefficient (Wildman–Crippen LogP) is 3.75. The van der Waals surface area contributed by atoms with E-state index in [9.17, 15) is 8.42 Å². The third-order valence-corrected chi connectivity index (χ3v) is 6.57. The third-order valence-electron chi connectivity index (χ3n) is 3.22. The number of para-hydroxylation sites is 1. The fourth-order valence-electron chi connectivity index (χ4n) is 2.15. The van der Waals surface area contributed by atoms with Gasteiger partial charge >= 0.3 is 0 Å². The highest BCUT2D eigenvalue weighted by molar-refractivity contribution is 7.90. The molecule has 0 saturated heterocycles. The lowest BCUT2D eigenvalue weighted by Crippen LogP contribution is -2.16. The van der Waals surface area contributed by atoms with Crippen molar-refractivity contribution < 1.29 is 13.2 Å². The summed E-state index contributed by atoms with van der Waals surface area (Å²) >= 11 is 12.7. The van der Waals surface area contributed by atoms with E-state index >= 15 is 0 Å². The van der Waals surface area contributed by atoms with E-state index in [1.165, 1.54) is 19.2 Å². The Hall–Kier alpha value is -1.74. The number of halogens is 2. The van der Waals surface area contributed by atoms with Gasteiger partial charge in [-0.2, -0.15) is 13.5 Å². The number of hydrogen-bond donors (Lipinski definition) is 1. The van der Waals surface area contributed by atoms with Crippen LogP contribution in [0.15, 0.2) is 41.3 Å². The van der Waals surface area contributed by atoms with Crippen LogP contribution in [0.2, 0.25) is 8.67 Å². The fraction of sp³-hybridized carbons (Fsp3) is 0.0714. The van der Waals surface area contributed by atoms with E-state index in [2.05, 4.69) is 5.10 Å². The summed E-state index contributed by atoms with van der Waals surface area (Å²) in [7, 11) is -2.54. The molecule has 10 heteroatoms. The highest BCUT2D eigenvalue weighted by Gasteiger charge is 2.27. The molecule has 1 aromatic carbocycles. The van der Waals surface area contributed by atoms with Gasteiger partial charge in [0.2, 0.25) is 0 Å². The standard InChI is InChI=1S/C14H11Cl2N3O3S2/c1-22-10-5-3-2-4-8(10)9-6-13(17)19(18-9)24(20,21)11-7-12(15)23-14(11)16/h2-7H,17H2,1H3. The number of methoxy groups -OCH3 is 1. The zero-order chi connectivity index (χ0) is 17.5. The van der Waals surface area contributed by atoms with Crippen molar-refractivity contribution in [3.8, 4) is 17.0 Å². The first-order chi connectivity index (χ1) is 11.3. The zero-order valence-corrected chi connectivity index (χ0v) is 15.4. The van der Waals surface area contributed by atoms with Gasteiger partial charge in [0, 0.05) is 11.6 Å². The zero-order valence-electron chi connectivity index (χ0n) is 12.2. The summed E-state index contributed by atoms with van der Waals surface area (Å²) in [5, 5.41) is 4.11. The number of nitrogens with two attached hydrogens (primary N) is 1. The average Bonchev–Trinajstić information content (AvgIpc) is 3.10. The van der Waals surface area contributed by atoms with Crippen molar-refractivity contribution >= 4 is 50.4 Å². The third kappa shape index (κ3) is 2.86. The normalized spacial score (nSPS) is 11.6. The molecule has 2 aromatic heterocycles. The molecule has 2 heterocycles. The average molecular weight is 404 g/mol. The van der Waals surface area contributed by atoms with Crippen LogP contribution in [0, 0.1) is 0 Å². The first-order valence-corrected chi connectivity index (χ1v) is 9.55. The maximum absolute atomic E-state index is 12.7. The predicted molar refractivity (Wildman–Crippen MR) is 95.6 cm³/mol. The molecule has 0 bridgehead atoms. The molecule has 0 unspecified atom stereocenters. The number of rotatable bonds is 4. The van der Waals surface area contributed by atoms with Gasteiger partial charge in [-0.15, -0.1) is 15.4 Å². The Morgan fingerprint density at radius 2 is 1.96 bits per heavy atom. The molecule has 6 nitrogen and oxygen atoms in total. The quantitative estimate of drug-likeness (QED) is 0.716. The van der Waals surface area contributed by atoms with Gasteiger partial charge in [-0.3, -0.25) is 0 Å². The molecule has 0 aliphatic carbocycles. The summed E-state index contributed by atoms with van der Waals surface area (Å²) < 4.78 is 31.8. The Morgan fingerprint density at radius 3 is 2.58 bits per heavy atom. The summed E-state index contributed by atoms with van der Waals surface area (Å²) in [6.07, 6.45) is 0. The lowest BCUT2D eigenvalue weighted by molar-refractivity contribution is 0.416. The van der Waals surface area contributed by atoms with Gasteiger partial charge < -0.3 is 10.5 Å². The van der Waals surface area contributed by atoms with E-state index in [1.54, 1.807) is 24.3 Å². The second-order valence-corrected chi connectivity index (χ2v) is 8.71. The highest BCUT2D eigenvalue weighted by atomic mass is 35.5. The molecular formula is C14H11Cl2N3O3S2. The SMILES string of the molecule is COc1ccccc1-c1cc(N)n(S(=O)(=O)c2cc(Cl)sc2Cl)n1. The van der Waals surface area contributed by atoms with Crippen LogP contribution in [0.1, 0.15) is 0 Å². The molecule has 24 heavy (non-hydrogen) atoms. The van der Waals surface area contributed by atoms with Gasteiger partial charge in [0.25, 0.3) is 10.0 Å². The topological polar surface area (TPSA) is 87.2 Å². The molecule has 3 rings (SSSR count). The molecule has 3 aromatic rings. The largest absolute Gasteiger partial charge is 0.496 e. The maximum Gasteiger partial charge on any atom is 0.287 e. The Bertz CT molecular complexity index is 1010. The van der Waals surface area contributed by atoms with Gasteiger partial charge in [-0.05, 0) is 18.2 Å². The highest BCUT2D eigenvalue weighted by Crippen LogP contribution is 2.37. The molecule has 0 saturated carbocycles. The second-order valence-electron chi connectivity index (χ2n) is 4.69. The van der Waals surface area contributed by atoms with Crippen LogP contribution in [0.5, 0.6) is 5.75 Å². The second kappa shape index (κ2) is 6.29. The van der Waals surface area contributed by atoms with Crippen molar-refractivity contribution in [2.75, 3.05) is 12.8 Å². The van der Waals surface area contributed by atoms with Gasteiger partial charge in [-0.25, -0.2) is 0 Å². The lowest BCUT2D eigenvalue weighted by Gasteiger charge is -2.06. The summed E-state index contributed by atoms with van der Waals surface area (Å²) in [6.45, 7) is 0. The molecule has 126 valence electrons. The molecule has 0 radical (unpaired) electrons. The smallest absolute Gasteiger partial charge is 0.287 e. The maximum atomic E-state index is 12.7. The first kappa shape index (κ1) is 17.1. The molecule has 0 aliphatic heterocycles.